The molecule has 0 fully saturated rings. The molecule has 13 heteroatoms. The molecule has 9 nitrogen and oxygen atoms in total. The second-order valence-corrected chi connectivity index (χ2v) is 3.15. The predicted molar refractivity (Wildman–Crippen MR) is 19.6 cm³/mol. The van der Waals surface area contributed by atoms with E-state index in [0.29, 0.717) is 0 Å². The van der Waals surface area contributed by atoms with Crippen molar-refractivity contribution >= 4 is 18.1 Å². The van der Waals surface area contributed by atoms with Crippen molar-refractivity contribution in [3.8, 4) is 0 Å². The van der Waals surface area contributed by atoms with Crippen LogP contribution in [0.1, 0.15) is 0 Å². The fraction of sp³-hybridized carbons (Fsp3) is 0. The zero-order chi connectivity index (χ0) is 9.00. The molecule has 0 aromatic heterocycles. The van der Waals surface area contributed by atoms with E-state index in [0.717, 1.165) is 0 Å². The van der Waals surface area contributed by atoms with Crippen molar-refractivity contribution in [2.24, 2.45) is 0 Å². The van der Waals surface area contributed by atoms with Crippen LogP contribution in [0.15, 0.2) is 0 Å². The monoisotopic (exact) mass is 468 g/mol. The Morgan fingerprint density at radius 3 is 0.769 bits per heavy atom. The van der Waals surface area contributed by atoms with Gasteiger partial charge in [0.15, 0.2) is 0 Å². The Bertz CT molecular complexity index is 60.6. The van der Waals surface area contributed by atoms with Crippen molar-refractivity contribution in [3.63, 3.8) is 0 Å². The summed E-state index contributed by atoms with van der Waals surface area (Å²) in [4.78, 5) is 66.1. The van der Waals surface area contributed by atoms with Crippen molar-refractivity contribution in [3.05, 3.63) is 0 Å². The minimum absolute atomic E-state index is 0. The van der Waals surface area contributed by atoms with Gasteiger partial charge in [0.1, 0.15) is 9.05 Å². The third-order valence-corrected chi connectivity index (χ3v) is 0. The average Bonchev–Trinajstić information content (AvgIpc) is 1.12. The first-order chi connectivity index (χ1) is 4.00. The summed E-state index contributed by atoms with van der Waals surface area (Å²) in [5, 5.41) is 0. The van der Waals surface area contributed by atoms with Gasteiger partial charge in [-0.05, 0) is 0 Å². The van der Waals surface area contributed by atoms with Gasteiger partial charge in [-0.15, -0.1) is 0 Å². The van der Waals surface area contributed by atoms with Gasteiger partial charge in [-0.2, -0.15) is 0 Å². The largest absolute Gasteiger partial charge is 3.00 e. The van der Waals surface area contributed by atoms with E-state index < -0.39 is 18.1 Å². The molecule has 0 aliphatic rings. The maximum Gasteiger partial charge on any atom is 3.00 e. The zero-order valence-electron chi connectivity index (χ0n) is 5.68. The van der Waals surface area contributed by atoms with E-state index in [1.807, 2.05) is 0 Å². The van der Waals surface area contributed by atoms with Gasteiger partial charge in [0.25, 0.3) is 0 Å². The molecule has 0 aliphatic heterocycles. The second kappa shape index (κ2) is 12.5. The molecule has 0 aromatic rings. The first kappa shape index (κ1) is 29.5. The molecule has 0 saturated carbocycles. The molecule has 84 valence electrons. The summed E-state index contributed by atoms with van der Waals surface area (Å²) in [7, 11) is -10.7. The maximum atomic E-state index is 8.80. The molecule has 4 N–H and O–H groups in total. The fourth-order valence-corrected chi connectivity index (χ4v) is 0. The second-order valence-electron chi connectivity index (χ2n) is 1.05. The average molecular weight is 468 g/mol. The van der Waals surface area contributed by atoms with E-state index in [2.05, 4.69) is 0 Å². The van der Waals surface area contributed by atoms with Crippen molar-refractivity contribution in [1.82, 2.24) is 0 Å². The van der Waals surface area contributed by atoms with Crippen LogP contribution in [-0.4, -0.2) is 33.2 Å². The van der Waals surface area contributed by atoms with E-state index >= 15 is 0 Å². The van der Waals surface area contributed by atoms with Gasteiger partial charge in [-0.3, -0.25) is 0 Å². The first-order valence-electron chi connectivity index (χ1n) is 1.67. The summed E-state index contributed by atoms with van der Waals surface area (Å²) in [6.07, 6.45) is 0. The van der Waals surface area contributed by atoms with Gasteiger partial charge in [-0.1, -0.05) is 0 Å². The molecule has 0 spiro atoms. The van der Waals surface area contributed by atoms with Crippen LogP contribution in [-0.2, 0) is 32.7 Å². The Morgan fingerprint density at radius 1 is 0.769 bits per heavy atom. The summed E-state index contributed by atoms with van der Waals surface area (Å²) >= 11 is 0. The molecule has 0 rings (SSSR count). The van der Waals surface area contributed by atoms with E-state index in [4.69, 9.17) is 38.4 Å². The molecule has 0 amide bonds. The normalized spacial score (nSPS) is 9.23. The molecular weight excluding hydrogens is 464 g/mol. The summed E-state index contributed by atoms with van der Waals surface area (Å²) in [5.41, 5.74) is 0. The molecular formula is H4LuO9Si2Y. The molecule has 0 aliphatic carbocycles. The Morgan fingerprint density at radius 2 is 0.769 bits per heavy atom. The van der Waals surface area contributed by atoms with Crippen LogP contribution in [0.5, 0.6) is 0 Å². The number of hydrogen-bond acceptors (Lipinski definition) is 8. The van der Waals surface area contributed by atoms with E-state index in [1.165, 1.54) is 0 Å². The van der Waals surface area contributed by atoms with Crippen LogP contribution < -0.4 is 28.8 Å². The predicted octanol–water partition coefficient (Wildman–Crippen LogP) is -9.84. The summed E-state index contributed by atoms with van der Waals surface area (Å²) in [5.74, 6) is 0. The van der Waals surface area contributed by atoms with Crippen LogP contribution in [0.2, 0.25) is 0 Å². The van der Waals surface area contributed by atoms with Gasteiger partial charge < -0.3 is 52.9 Å². The summed E-state index contributed by atoms with van der Waals surface area (Å²) < 4.78 is 0. The van der Waals surface area contributed by atoms with Gasteiger partial charge in [0.2, 0.25) is 0 Å². The fourth-order valence-electron chi connectivity index (χ4n) is 0. The third-order valence-electron chi connectivity index (χ3n) is 0. The molecule has 0 radical (unpaired) electrons. The first-order valence-corrected chi connectivity index (χ1v) is 5.02. The topological polar surface area (TPSA) is 210 Å². The van der Waals surface area contributed by atoms with Crippen molar-refractivity contribution in [2.45, 2.75) is 0 Å². The van der Waals surface area contributed by atoms with Gasteiger partial charge in [0, 0.05) is 0 Å². The van der Waals surface area contributed by atoms with Crippen molar-refractivity contribution in [2.75, 3.05) is 0 Å². The van der Waals surface area contributed by atoms with Crippen LogP contribution in [0.25, 0.3) is 0 Å². The Labute approximate surface area is 130 Å². The SMILES string of the molecule is O.[Lu+3].[O-][Si]([O-])(O)O.[O-][Si]([O-])([O-])[O-].[Y+3]. The quantitative estimate of drug-likeness (QED) is 0.325. The molecule has 13 heavy (non-hydrogen) atoms. The molecule has 0 unspecified atom stereocenters. The number of rotatable bonds is 0. The minimum Gasteiger partial charge on any atom is -0.894 e. The van der Waals surface area contributed by atoms with Crippen molar-refractivity contribution in [1.29, 1.82) is 0 Å². The number of hydrogen-bond donors (Lipinski definition) is 2. The molecule has 0 atom stereocenters. The Balaban J connectivity index is -0.0000000267. The molecule has 0 aromatic carbocycles. The van der Waals surface area contributed by atoms with E-state index in [-0.39, 0.29) is 75.1 Å². The van der Waals surface area contributed by atoms with Crippen LogP contribution in [0.3, 0.4) is 0 Å². The summed E-state index contributed by atoms with van der Waals surface area (Å²) in [6.45, 7) is 0. The summed E-state index contributed by atoms with van der Waals surface area (Å²) in [6, 6.07) is 0. The Hall–Kier alpha value is 2.41. The van der Waals surface area contributed by atoms with E-state index in [9.17, 15) is 0 Å². The van der Waals surface area contributed by atoms with Crippen LogP contribution in [0, 0.1) is 36.9 Å². The van der Waals surface area contributed by atoms with E-state index in [1.54, 1.807) is 0 Å². The smallest absolute Gasteiger partial charge is 0.894 e. The van der Waals surface area contributed by atoms with Gasteiger partial charge in [-0.25, -0.2) is 0 Å². The van der Waals surface area contributed by atoms with Crippen LogP contribution >= 0.6 is 0 Å². The zero-order valence-corrected chi connectivity index (χ0v) is 12.2. The van der Waals surface area contributed by atoms with Gasteiger partial charge in [0.05, 0.1) is 0 Å². The maximum absolute atomic E-state index is 8.80. The van der Waals surface area contributed by atoms with Crippen molar-refractivity contribution < 1.29 is 113 Å². The third kappa shape index (κ3) is 382. The Kier molecular flexibility index (Phi) is 28.3. The minimum atomic E-state index is -5.61. The standard InChI is InChI=1S/Lu.H2O4Si.O4Si.H2O.Y/c;2*1-5(2,3)4;;/h;1-2H;;1H2;/q+3;-2;-4;;+3. The van der Waals surface area contributed by atoms with Crippen LogP contribution in [0.4, 0.5) is 0 Å². The molecule has 0 heterocycles. The molecule has 0 bridgehead atoms. The molecule has 0 saturated heterocycles. The van der Waals surface area contributed by atoms with Gasteiger partial charge >= 0.3 is 69.6 Å².